The first-order valence-electron chi connectivity index (χ1n) is 13.1. The minimum Gasteiger partial charge on any atom is -0.365 e. The third-order valence-corrected chi connectivity index (χ3v) is 11.4. The first kappa shape index (κ1) is 19.4. The monoisotopic (exact) mass is 397 g/mol. The molecule has 0 amide bonds. The Morgan fingerprint density at radius 2 is 1.90 bits per heavy atom. The van der Waals surface area contributed by atoms with Gasteiger partial charge in [-0.05, 0) is 105 Å². The van der Waals surface area contributed by atoms with E-state index >= 15 is 0 Å². The van der Waals surface area contributed by atoms with E-state index < -0.39 is 0 Å². The molecule has 2 heterocycles. The summed E-state index contributed by atoms with van der Waals surface area (Å²) in [6.45, 7) is 11.3. The number of allylic oxidation sites excluding steroid dienone is 1. The van der Waals surface area contributed by atoms with E-state index in [1.165, 1.54) is 70.8 Å². The summed E-state index contributed by atoms with van der Waals surface area (Å²) in [6, 6.07) is 0.572. The summed E-state index contributed by atoms with van der Waals surface area (Å²) >= 11 is 0. The van der Waals surface area contributed by atoms with Gasteiger partial charge in [-0.3, -0.25) is 0 Å². The van der Waals surface area contributed by atoms with E-state index in [9.17, 15) is 0 Å². The summed E-state index contributed by atoms with van der Waals surface area (Å²) in [5.74, 6) is 5.21. The van der Waals surface area contributed by atoms with Gasteiger partial charge in [-0.1, -0.05) is 39.2 Å². The molecule has 2 aliphatic heterocycles. The molecule has 2 saturated heterocycles. The predicted molar refractivity (Wildman–Crippen MR) is 119 cm³/mol. The third-order valence-electron chi connectivity index (χ3n) is 11.4. The normalized spacial score (nSPS) is 56.7. The average Bonchev–Trinajstić information content (AvgIpc) is 3.22. The Morgan fingerprint density at radius 1 is 1.03 bits per heavy atom. The second kappa shape index (κ2) is 6.58. The molecule has 0 radical (unpaired) electrons. The van der Waals surface area contributed by atoms with Crippen molar-refractivity contribution in [2.75, 3.05) is 6.54 Å². The number of nitrogens with one attached hydrogen (secondary N) is 1. The van der Waals surface area contributed by atoms with Crippen LogP contribution in [0.1, 0.15) is 91.9 Å². The van der Waals surface area contributed by atoms with E-state index in [-0.39, 0.29) is 5.60 Å². The topological polar surface area (TPSA) is 21.3 Å². The summed E-state index contributed by atoms with van der Waals surface area (Å²) in [5, 5.41) is 3.88. The second-order valence-corrected chi connectivity index (χ2v) is 12.4. The van der Waals surface area contributed by atoms with Gasteiger partial charge in [0.25, 0.3) is 0 Å². The van der Waals surface area contributed by atoms with Gasteiger partial charge in [0.05, 0.1) is 11.7 Å². The van der Waals surface area contributed by atoms with Gasteiger partial charge in [-0.15, -0.1) is 0 Å². The van der Waals surface area contributed by atoms with Crippen molar-refractivity contribution in [1.82, 2.24) is 5.32 Å². The van der Waals surface area contributed by atoms with Gasteiger partial charge in [0, 0.05) is 12.0 Å². The number of rotatable bonds is 0. The van der Waals surface area contributed by atoms with Crippen molar-refractivity contribution < 1.29 is 4.74 Å². The molecule has 0 bridgehead atoms. The quantitative estimate of drug-likeness (QED) is 0.498. The van der Waals surface area contributed by atoms with Crippen LogP contribution in [0.15, 0.2) is 11.1 Å². The van der Waals surface area contributed by atoms with Crippen molar-refractivity contribution in [3.8, 4) is 0 Å². The van der Waals surface area contributed by atoms with E-state index in [0.29, 0.717) is 23.5 Å². The van der Waals surface area contributed by atoms with Crippen LogP contribution in [0.2, 0.25) is 0 Å². The Labute approximate surface area is 178 Å². The lowest BCUT2D eigenvalue weighted by atomic mass is 9.52. The van der Waals surface area contributed by atoms with Crippen molar-refractivity contribution in [2.45, 2.75) is 110 Å². The zero-order valence-corrected chi connectivity index (χ0v) is 19.3. The van der Waals surface area contributed by atoms with Gasteiger partial charge < -0.3 is 10.1 Å². The van der Waals surface area contributed by atoms with Crippen LogP contribution in [0.3, 0.4) is 0 Å². The Morgan fingerprint density at radius 3 is 2.76 bits per heavy atom. The summed E-state index contributed by atoms with van der Waals surface area (Å²) < 4.78 is 7.06. The van der Waals surface area contributed by atoms with Gasteiger partial charge in [-0.25, -0.2) is 0 Å². The maximum Gasteiger partial charge on any atom is 0.0937 e. The number of hydrogen-bond acceptors (Lipinski definition) is 2. The molecule has 0 aromatic heterocycles. The van der Waals surface area contributed by atoms with Crippen LogP contribution in [-0.4, -0.2) is 24.3 Å². The summed E-state index contributed by atoms with van der Waals surface area (Å²) in [7, 11) is 0. The fourth-order valence-electron chi connectivity index (χ4n) is 9.74. The van der Waals surface area contributed by atoms with Gasteiger partial charge in [0.15, 0.2) is 0 Å². The molecule has 0 aromatic carbocycles. The fraction of sp³-hybridized carbons (Fsp3) is 0.926. The summed E-state index contributed by atoms with van der Waals surface area (Å²) in [6.07, 6.45) is 14.8. The van der Waals surface area contributed by atoms with E-state index in [2.05, 4.69) is 33.0 Å². The minimum atomic E-state index is 0.0403. The largest absolute Gasteiger partial charge is 0.365 e. The van der Waals surface area contributed by atoms with Gasteiger partial charge in [0.1, 0.15) is 0 Å². The van der Waals surface area contributed by atoms with E-state index in [4.69, 9.17) is 4.74 Å². The molecule has 10 atom stereocenters. The third kappa shape index (κ3) is 2.54. The van der Waals surface area contributed by atoms with Crippen LogP contribution in [-0.2, 0) is 4.74 Å². The maximum atomic E-state index is 7.06. The fourth-order valence-corrected chi connectivity index (χ4v) is 9.74. The number of fused-ring (bicyclic) bond motifs is 6. The molecule has 2 nitrogen and oxygen atoms in total. The van der Waals surface area contributed by atoms with Crippen molar-refractivity contribution >= 4 is 0 Å². The average molecular weight is 398 g/mol. The minimum absolute atomic E-state index is 0.0403. The molecule has 3 saturated carbocycles. The zero-order valence-electron chi connectivity index (χ0n) is 19.3. The summed E-state index contributed by atoms with van der Waals surface area (Å²) in [4.78, 5) is 0. The lowest BCUT2D eigenvalue weighted by molar-refractivity contribution is -0.0587. The molecule has 2 heteroatoms. The number of piperidine rings is 1. The van der Waals surface area contributed by atoms with E-state index in [1.54, 1.807) is 5.57 Å². The number of ether oxygens (including phenoxy) is 1. The lowest BCUT2D eigenvalue weighted by Gasteiger charge is -2.52. The molecule has 5 fully saturated rings. The molecule has 6 aliphatic rings. The van der Waals surface area contributed by atoms with Crippen LogP contribution in [0.25, 0.3) is 0 Å². The Kier molecular flexibility index (Phi) is 4.39. The van der Waals surface area contributed by atoms with Crippen molar-refractivity contribution in [3.05, 3.63) is 11.1 Å². The summed E-state index contributed by atoms with van der Waals surface area (Å²) in [5.41, 5.74) is 4.23. The predicted octanol–water partition coefficient (Wildman–Crippen LogP) is 6.11. The Balaban J connectivity index is 1.34. The SMILES string of the molecule is CC1=C2C[C@H]3[C@@H](CC[C@@H]4CCCC[C@@]43C)[C@@H]2CC[C@]12O[C@@H]1C[C@H](C)CN[C@H]1[C@H]2C. The molecule has 162 valence electrons. The molecule has 4 aliphatic carbocycles. The van der Waals surface area contributed by atoms with E-state index in [1.807, 2.05) is 5.57 Å². The molecule has 6 rings (SSSR count). The van der Waals surface area contributed by atoms with Crippen LogP contribution < -0.4 is 5.32 Å². The molecule has 29 heavy (non-hydrogen) atoms. The van der Waals surface area contributed by atoms with Crippen LogP contribution in [0.5, 0.6) is 0 Å². The van der Waals surface area contributed by atoms with Crippen LogP contribution in [0, 0.1) is 40.9 Å². The lowest BCUT2D eigenvalue weighted by Crippen LogP contribution is -2.49. The molecule has 1 N–H and O–H groups in total. The molecular weight excluding hydrogens is 354 g/mol. The van der Waals surface area contributed by atoms with Crippen molar-refractivity contribution in [1.29, 1.82) is 0 Å². The highest BCUT2D eigenvalue weighted by Crippen LogP contribution is 2.66. The zero-order chi connectivity index (χ0) is 20.0. The molecular formula is C27H43NO. The second-order valence-electron chi connectivity index (χ2n) is 12.4. The first-order chi connectivity index (χ1) is 13.9. The van der Waals surface area contributed by atoms with Crippen molar-refractivity contribution in [2.24, 2.45) is 40.9 Å². The Bertz CT molecular complexity index is 713. The molecule has 0 aromatic rings. The maximum absolute atomic E-state index is 7.06. The smallest absolute Gasteiger partial charge is 0.0937 e. The molecule has 1 spiro atoms. The number of hydrogen-bond donors (Lipinski definition) is 1. The highest BCUT2D eigenvalue weighted by molar-refractivity contribution is 5.36. The van der Waals surface area contributed by atoms with Gasteiger partial charge in [-0.2, -0.15) is 0 Å². The standard InChI is InChI=1S/C27H43NO/c1-16-13-24-25(28-15-16)18(3)27(29-24)12-10-20-21-9-8-19-7-5-6-11-26(19,4)23(21)14-22(20)17(27)2/h16,18-21,23-25,28H,5-15H2,1-4H3/t16-,18+,19-,20-,21-,23-,24+,25-,26-,27-/m0/s1. The van der Waals surface area contributed by atoms with Crippen molar-refractivity contribution in [3.63, 3.8) is 0 Å². The van der Waals surface area contributed by atoms with Gasteiger partial charge in [0.2, 0.25) is 0 Å². The Hall–Kier alpha value is -0.340. The first-order valence-corrected chi connectivity index (χ1v) is 13.1. The highest BCUT2D eigenvalue weighted by atomic mass is 16.5. The molecule has 0 unspecified atom stereocenters. The van der Waals surface area contributed by atoms with Crippen LogP contribution >= 0.6 is 0 Å². The highest BCUT2D eigenvalue weighted by Gasteiger charge is 2.61. The van der Waals surface area contributed by atoms with Crippen LogP contribution in [0.4, 0.5) is 0 Å². The van der Waals surface area contributed by atoms with E-state index in [0.717, 1.165) is 29.6 Å². The van der Waals surface area contributed by atoms with Gasteiger partial charge >= 0.3 is 0 Å².